The molecule has 0 saturated carbocycles. The Morgan fingerprint density at radius 2 is 2.07 bits per heavy atom. The predicted molar refractivity (Wildman–Crippen MR) is 58.6 cm³/mol. The van der Waals surface area contributed by atoms with E-state index in [1.165, 1.54) is 0 Å². The van der Waals surface area contributed by atoms with Gasteiger partial charge in [-0.05, 0) is 38.8 Å². The number of rotatable bonds is 3. The van der Waals surface area contributed by atoms with Gasteiger partial charge < -0.3 is 14.5 Å². The van der Waals surface area contributed by atoms with E-state index in [4.69, 9.17) is 9.15 Å². The second kappa shape index (κ2) is 4.81. The normalized spacial score (nSPS) is 31.7. The van der Waals surface area contributed by atoms with Gasteiger partial charge in [0.25, 0.3) is 0 Å². The Hall–Kier alpha value is -0.800. The summed E-state index contributed by atoms with van der Waals surface area (Å²) in [4.78, 5) is 0. The van der Waals surface area contributed by atoms with E-state index in [-0.39, 0.29) is 0 Å². The van der Waals surface area contributed by atoms with Gasteiger partial charge in [0, 0.05) is 6.04 Å². The Bertz CT molecular complexity index is 274. The zero-order valence-corrected chi connectivity index (χ0v) is 9.40. The van der Waals surface area contributed by atoms with Crippen LogP contribution < -0.4 is 5.32 Å². The van der Waals surface area contributed by atoms with Crippen molar-refractivity contribution in [1.29, 1.82) is 0 Å². The van der Waals surface area contributed by atoms with E-state index >= 15 is 0 Å². The van der Waals surface area contributed by atoms with Gasteiger partial charge >= 0.3 is 0 Å². The van der Waals surface area contributed by atoms with Crippen molar-refractivity contribution < 1.29 is 9.15 Å². The zero-order chi connectivity index (χ0) is 10.7. The SMILES string of the molecule is CC1CC(NCc2ccco2)CC(C)O1. The van der Waals surface area contributed by atoms with E-state index in [2.05, 4.69) is 19.2 Å². The fourth-order valence-electron chi connectivity index (χ4n) is 2.23. The zero-order valence-electron chi connectivity index (χ0n) is 9.40. The van der Waals surface area contributed by atoms with Crippen LogP contribution >= 0.6 is 0 Å². The number of ether oxygens (including phenoxy) is 1. The Morgan fingerprint density at radius 3 is 2.67 bits per heavy atom. The lowest BCUT2D eigenvalue weighted by Crippen LogP contribution is -2.40. The van der Waals surface area contributed by atoms with Crippen LogP contribution in [0.4, 0.5) is 0 Å². The molecule has 0 radical (unpaired) electrons. The van der Waals surface area contributed by atoms with Gasteiger partial charge in [-0.1, -0.05) is 0 Å². The van der Waals surface area contributed by atoms with Crippen molar-refractivity contribution in [2.45, 2.75) is 51.5 Å². The summed E-state index contributed by atoms with van der Waals surface area (Å²) in [6.45, 7) is 5.09. The molecule has 2 heterocycles. The fraction of sp³-hybridized carbons (Fsp3) is 0.667. The lowest BCUT2D eigenvalue weighted by Gasteiger charge is -2.32. The van der Waals surface area contributed by atoms with Crippen LogP contribution in [0.25, 0.3) is 0 Å². The van der Waals surface area contributed by atoms with Crippen molar-refractivity contribution >= 4 is 0 Å². The summed E-state index contributed by atoms with van der Waals surface area (Å²) in [7, 11) is 0. The maximum atomic E-state index is 5.69. The van der Waals surface area contributed by atoms with Crippen molar-refractivity contribution in [3.8, 4) is 0 Å². The van der Waals surface area contributed by atoms with E-state index in [9.17, 15) is 0 Å². The third-order valence-electron chi connectivity index (χ3n) is 2.84. The summed E-state index contributed by atoms with van der Waals surface area (Å²) in [5, 5.41) is 3.51. The molecule has 1 saturated heterocycles. The summed E-state index contributed by atoms with van der Waals surface area (Å²) in [5.41, 5.74) is 0. The van der Waals surface area contributed by atoms with Crippen LogP contribution in [0.5, 0.6) is 0 Å². The van der Waals surface area contributed by atoms with E-state index in [1.54, 1.807) is 6.26 Å². The summed E-state index contributed by atoms with van der Waals surface area (Å²) in [6, 6.07) is 4.47. The molecule has 2 atom stereocenters. The van der Waals surface area contributed by atoms with Gasteiger partial charge in [0.05, 0.1) is 25.0 Å². The Labute approximate surface area is 90.8 Å². The molecule has 0 bridgehead atoms. The second-order valence-electron chi connectivity index (χ2n) is 4.39. The summed E-state index contributed by atoms with van der Waals surface area (Å²) >= 11 is 0. The number of furan rings is 1. The third kappa shape index (κ3) is 3.08. The van der Waals surface area contributed by atoms with Gasteiger partial charge in [0.15, 0.2) is 0 Å². The minimum atomic E-state index is 0.364. The lowest BCUT2D eigenvalue weighted by molar-refractivity contribution is -0.0424. The molecule has 15 heavy (non-hydrogen) atoms. The van der Waals surface area contributed by atoms with Crippen LogP contribution in [0.1, 0.15) is 32.4 Å². The van der Waals surface area contributed by atoms with Crippen LogP contribution in [-0.2, 0) is 11.3 Å². The van der Waals surface area contributed by atoms with Crippen LogP contribution in [0.3, 0.4) is 0 Å². The van der Waals surface area contributed by atoms with E-state index in [0.717, 1.165) is 25.1 Å². The van der Waals surface area contributed by atoms with E-state index < -0.39 is 0 Å². The fourth-order valence-corrected chi connectivity index (χ4v) is 2.23. The third-order valence-corrected chi connectivity index (χ3v) is 2.84. The standard InChI is InChI=1S/C12H19NO2/c1-9-6-11(7-10(2)15-9)13-8-12-4-3-5-14-12/h3-5,9-11,13H,6-8H2,1-2H3. The van der Waals surface area contributed by atoms with Crippen LogP contribution in [0.15, 0.2) is 22.8 Å². The van der Waals surface area contributed by atoms with Gasteiger partial charge in [0.1, 0.15) is 5.76 Å². The monoisotopic (exact) mass is 209 g/mol. The highest BCUT2D eigenvalue weighted by Crippen LogP contribution is 2.19. The minimum Gasteiger partial charge on any atom is -0.468 e. The molecule has 0 spiro atoms. The van der Waals surface area contributed by atoms with E-state index in [1.807, 2.05) is 12.1 Å². The molecule has 1 fully saturated rings. The lowest BCUT2D eigenvalue weighted by atomic mass is 10.00. The molecule has 0 amide bonds. The van der Waals surface area contributed by atoms with Crippen molar-refractivity contribution in [1.82, 2.24) is 5.32 Å². The van der Waals surface area contributed by atoms with Crippen LogP contribution in [-0.4, -0.2) is 18.2 Å². The quantitative estimate of drug-likeness (QED) is 0.829. The molecule has 0 aromatic carbocycles. The molecule has 2 rings (SSSR count). The van der Waals surface area contributed by atoms with Crippen molar-refractivity contribution in [2.75, 3.05) is 0 Å². The first-order chi connectivity index (χ1) is 7.24. The summed E-state index contributed by atoms with van der Waals surface area (Å²) < 4.78 is 11.0. The number of hydrogen-bond donors (Lipinski definition) is 1. The molecule has 0 aliphatic carbocycles. The van der Waals surface area contributed by atoms with Gasteiger partial charge in [-0.15, -0.1) is 0 Å². The summed E-state index contributed by atoms with van der Waals surface area (Å²) in [5.74, 6) is 1.00. The molecule has 1 aliphatic heterocycles. The molecule has 1 aliphatic rings. The molecule has 2 unspecified atom stereocenters. The number of nitrogens with one attached hydrogen (secondary N) is 1. The van der Waals surface area contributed by atoms with Crippen LogP contribution in [0, 0.1) is 0 Å². The maximum Gasteiger partial charge on any atom is 0.117 e. The largest absolute Gasteiger partial charge is 0.468 e. The second-order valence-corrected chi connectivity index (χ2v) is 4.39. The van der Waals surface area contributed by atoms with Crippen molar-refractivity contribution in [2.24, 2.45) is 0 Å². The summed E-state index contributed by atoms with van der Waals surface area (Å²) in [6.07, 6.45) is 4.62. The van der Waals surface area contributed by atoms with Gasteiger partial charge in [-0.25, -0.2) is 0 Å². The highest BCUT2D eigenvalue weighted by molar-refractivity contribution is 4.98. The molecule has 1 aromatic heterocycles. The topological polar surface area (TPSA) is 34.4 Å². The molecule has 84 valence electrons. The van der Waals surface area contributed by atoms with Gasteiger partial charge in [-0.2, -0.15) is 0 Å². The van der Waals surface area contributed by atoms with Crippen LogP contribution in [0.2, 0.25) is 0 Å². The molecule has 1 N–H and O–H groups in total. The van der Waals surface area contributed by atoms with Gasteiger partial charge in [-0.3, -0.25) is 0 Å². The molecule has 1 aromatic rings. The molecule has 3 nitrogen and oxygen atoms in total. The minimum absolute atomic E-state index is 0.364. The maximum absolute atomic E-state index is 5.69. The van der Waals surface area contributed by atoms with Crippen molar-refractivity contribution in [3.63, 3.8) is 0 Å². The first-order valence-electron chi connectivity index (χ1n) is 5.65. The number of hydrogen-bond acceptors (Lipinski definition) is 3. The Morgan fingerprint density at radius 1 is 1.33 bits per heavy atom. The predicted octanol–water partition coefficient (Wildman–Crippen LogP) is 2.33. The first-order valence-corrected chi connectivity index (χ1v) is 5.65. The highest BCUT2D eigenvalue weighted by atomic mass is 16.5. The average molecular weight is 209 g/mol. The van der Waals surface area contributed by atoms with Gasteiger partial charge in [0.2, 0.25) is 0 Å². The molecule has 3 heteroatoms. The molecular weight excluding hydrogens is 190 g/mol. The first kappa shape index (κ1) is 10.7. The average Bonchev–Trinajstić information content (AvgIpc) is 2.65. The highest BCUT2D eigenvalue weighted by Gasteiger charge is 2.23. The Kier molecular flexibility index (Phi) is 3.44. The smallest absolute Gasteiger partial charge is 0.117 e. The Balaban J connectivity index is 1.79. The van der Waals surface area contributed by atoms with Crippen molar-refractivity contribution in [3.05, 3.63) is 24.2 Å². The molecular formula is C12H19NO2. The van der Waals surface area contributed by atoms with E-state index in [0.29, 0.717) is 18.2 Å².